The van der Waals surface area contributed by atoms with E-state index in [4.69, 9.17) is 9.84 Å². The molecule has 0 unspecified atom stereocenters. The number of rotatable bonds is 8. The Balaban J connectivity index is 1.79. The summed E-state index contributed by atoms with van der Waals surface area (Å²) in [5, 5.41) is 9.09. The number of alkyl halides is 3. The number of hydrogen-bond donors (Lipinski definition) is 1. The zero-order valence-electron chi connectivity index (χ0n) is 20.5. The molecule has 3 aromatic rings. The van der Waals surface area contributed by atoms with Gasteiger partial charge in [0.1, 0.15) is 11.9 Å². The maximum Gasteiger partial charge on any atom is 0.416 e. The molecule has 1 N–H and O–H groups in total. The van der Waals surface area contributed by atoms with Gasteiger partial charge in [0.15, 0.2) is 0 Å². The quantitative estimate of drug-likeness (QED) is 0.328. The van der Waals surface area contributed by atoms with E-state index >= 15 is 0 Å². The van der Waals surface area contributed by atoms with Crippen LogP contribution in [0.4, 0.5) is 18.9 Å². The van der Waals surface area contributed by atoms with Crippen LogP contribution in [0.2, 0.25) is 0 Å². The van der Waals surface area contributed by atoms with Gasteiger partial charge < -0.3 is 9.84 Å². The SMILES string of the molecule is CC/C(=C\c1ccc2c(c1)N(S(=O)(=O)c1cccc(C(F)(F)F)c1)C[C@H](CCC(=O)O)O2)c1ccccc1. The van der Waals surface area contributed by atoms with Gasteiger partial charge in [0.05, 0.1) is 22.7 Å². The van der Waals surface area contributed by atoms with Crippen molar-refractivity contribution in [2.24, 2.45) is 0 Å². The van der Waals surface area contributed by atoms with Gasteiger partial charge in [-0.25, -0.2) is 8.42 Å². The lowest BCUT2D eigenvalue weighted by atomic mass is 10.00. The summed E-state index contributed by atoms with van der Waals surface area (Å²) in [4.78, 5) is 10.6. The Hall–Kier alpha value is -3.79. The van der Waals surface area contributed by atoms with Crippen LogP contribution in [0.5, 0.6) is 5.75 Å². The Labute approximate surface area is 219 Å². The van der Waals surface area contributed by atoms with Crippen LogP contribution in [0.25, 0.3) is 11.6 Å². The molecule has 0 amide bonds. The number of sulfonamides is 1. The van der Waals surface area contributed by atoms with Crippen LogP contribution in [-0.2, 0) is 21.0 Å². The van der Waals surface area contributed by atoms with Gasteiger partial charge in [-0.05, 0) is 59.9 Å². The molecule has 200 valence electrons. The number of aliphatic carboxylic acids is 1. The van der Waals surface area contributed by atoms with Crippen LogP contribution in [0.1, 0.15) is 42.9 Å². The first-order chi connectivity index (χ1) is 18.0. The molecule has 0 saturated heterocycles. The maximum absolute atomic E-state index is 13.7. The van der Waals surface area contributed by atoms with E-state index in [-0.39, 0.29) is 30.8 Å². The highest BCUT2D eigenvalue weighted by Gasteiger charge is 2.37. The molecule has 1 atom stereocenters. The minimum atomic E-state index is -4.72. The molecule has 4 rings (SSSR count). The number of hydrogen-bond acceptors (Lipinski definition) is 4. The highest BCUT2D eigenvalue weighted by Crippen LogP contribution is 2.40. The van der Waals surface area contributed by atoms with Gasteiger partial charge in [0.2, 0.25) is 0 Å². The van der Waals surface area contributed by atoms with E-state index in [0.717, 1.165) is 33.6 Å². The van der Waals surface area contributed by atoms with Crippen molar-refractivity contribution >= 4 is 33.3 Å². The number of allylic oxidation sites excluding steroid dienone is 1. The molecule has 1 aliphatic heterocycles. The number of carboxylic acid groups (broad SMARTS) is 1. The van der Waals surface area contributed by atoms with E-state index in [1.165, 1.54) is 0 Å². The minimum absolute atomic E-state index is 0.0268. The van der Waals surface area contributed by atoms with Crippen molar-refractivity contribution in [3.8, 4) is 5.75 Å². The smallest absolute Gasteiger partial charge is 0.416 e. The van der Waals surface area contributed by atoms with Gasteiger partial charge in [0.25, 0.3) is 10.0 Å². The fourth-order valence-electron chi connectivity index (χ4n) is 4.28. The maximum atomic E-state index is 13.7. The fourth-order valence-corrected chi connectivity index (χ4v) is 5.83. The third-order valence-corrected chi connectivity index (χ3v) is 7.99. The number of fused-ring (bicyclic) bond motifs is 1. The van der Waals surface area contributed by atoms with Crippen molar-refractivity contribution in [1.29, 1.82) is 0 Å². The van der Waals surface area contributed by atoms with Gasteiger partial charge in [-0.1, -0.05) is 55.5 Å². The van der Waals surface area contributed by atoms with Crippen molar-refractivity contribution in [2.45, 2.75) is 43.4 Å². The highest BCUT2D eigenvalue weighted by molar-refractivity contribution is 7.92. The van der Waals surface area contributed by atoms with Crippen LogP contribution < -0.4 is 9.04 Å². The van der Waals surface area contributed by atoms with Gasteiger partial charge >= 0.3 is 12.1 Å². The molecule has 6 nitrogen and oxygen atoms in total. The van der Waals surface area contributed by atoms with E-state index in [2.05, 4.69) is 0 Å². The zero-order chi connectivity index (χ0) is 27.5. The van der Waals surface area contributed by atoms with Gasteiger partial charge in [-0.2, -0.15) is 13.2 Å². The van der Waals surface area contributed by atoms with Crippen LogP contribution in [-0.4, -0.2) is 32.1 Å². The number of nitrogens with zero attached hydrogens (tertiary/aromatic N) is 1. The zero-order valence-corrected chi connectivity index (χ0v) is 21.3. The van der Waals surface area contributed by atoms with Crippen LogP contribution >= 0.6 is 0 Å². The minimum Gasteiger partial charge on any atom is -0.486 e. The summed E-state index contributed by atoms with van der Waals surface area (Å²) in [6.45, 7) is 1.75. The Bertz CT molecular complexity index is 1450. The Morgan fingerprint density at radius 1 is 1.08 bits per heavy atom. The summed E-state index contributed by atoms with van der Waals surface area (Å²) >= 11 is 0. The van der Waals surface area contributed by atoms with E-state index in [0.29, 0.717) is 18.1 Å². The van der Waals surface area contributed by atoms with E-state index in [1.54, 1.807) is 18.2 Å². The Kier molecular flexibility index (Phi) is 7.82. The van der Waals surface area contributed by atoms with E-state index in [1.807, 2.05) is 43.3 Å². The second kappa shape index (κ2) is 10.9. The predicted octanol–water partition coefficient (Wildman–Crippen LogP) is 6.48. The van der Waals surface area contributed by atoms with Crippen molar-refractivity contribution in [3.63, 3.8) is 0 Å². The molecule has 1 heterocycles. The number of anilines is 1. The van der Waals surface area contributed by atoms with Crippen molar-refractivity contribution < 1.29 is 36.2 Å². The lowest BCUT2D eigenvalue weighted by Gasteiger charge is -2.35. The summed E-state index contributed by atoms with van der Waals surface area (Å²) in [6.07, 6.45) is -3.11. The molecular formula is C28H26F3NO5S. The lowest BCUT2D eigenvalue weighted by molar-refractivity contribution is -0.138. The second-order valence-corrected chi connectivity index (χ2v) is 10.7. The monoisotopic (exact) mass is 545 g/mol. The lowest BCUT2D eigenvalue weighted by Crippen LogP contribution is -2.43. The first-order valence-electron chi connectivity index (χ1n) is 12.0. The number of benzene rings is 3. The predicted molar refractivity (Wildman–Crippen MR) is 138 cm³/mol. The van der Waals surface area contributed by atoms with Crippen LogP contribution in [0.15, 0.2) is 77.7 Å². The van der Waals surface area contributed by atoms with Crippen LogP contribution in [0.3, 0.4) is 0 Å². The van der Waals surface area contributed by atoms with Gasteiger partial charge in [-0.15, -0.1) is 0 Å². The largest absolute Gasteiger partial charge is 0.486 e. The number of ether oxygens (including phenoxy) is 1. The van der Waals surface area contributed by atoms with Crippen molar-refractivity contribution in [2.75, 3.05) is 10.8 Å². The number of carboxylic acids is 1. The molecule has 0 bridgehead atoms. The number of halogens is 3. The van der Waals surface area contributed by atoms with Crippen LogP contribution in [0, 0.1) is 0 Å². The van der Waals surface area contributed by atoms with E-state index < -0.39 is 38.7 Å². The topological polar surface area (TPSA) is 83.9 Å². The van der Waals surface area contributed by atoms with Crippen molar-refractivity contribution in [1.82, 2.24) is 0 Å². The summed E-state index contributed by atoms with van der Waals surface area (Å²) in [7, 11) is -4.45. The third-order valence-electron chi connectivity index (χ3n) is 6.21. The van der Waals surface area contributed by atoms with Gasteiger partial charge in [-0.3, -0.25) is 9.10 Å². The van der Waals surface area contributed by atoms with Gasteiger partial charge in [0, 0.05) is 6.42 Å². The Morgan fingerprint density at radius 2 is 1.82 bits per heavy atom. The number of carbonyl (C=O) groups is 1. The fraction of sp³-hybridized carbons (Fsp3) is 0.250. The third kappa shape index (κ3) is 6.02. The molecule has 0 fully saturated rings. The molecule has 3 aromatic carbocycles. The first-order valence-corrected chi connectivity index (χ1v) is 13.4. The second-order valence-electron chi connectivity index (χ2n) is 8.85. The highest BCUT2D eigenvalue weighted by atomic mass is 32.2. The molecule has 1 aliphatic rings. The Morgan fingerprint density at radius 3 is 2.47 bits per heavy atom. The first kappa shape index (κ1) is 27.3. The summed E-state index contributed by atoms with van der Waals surface area (Å²) in [6, 6.07) is 18.2. The summed E-state index contributed by atoms with van der Waals surface area (Å²) in [5.41, 5.74) is 1.79. The normalized spacial score (nSPS) is 16.1. The molecular weight excluding hydrogens is 519 g/mol. The summed E-state index contributed by atoms with van der Waals surface area (Å²) in [5.74, 6) is -0.864. The standard InChI is InChI=1S/C28H26F3NO5S/c1-2-20(21-7-4-3-5-8-21)15-19-11-13-26-25(16-19)32(18-23(37-26)12-14-27(33)34)38(35,36)24-10-6-9-22(17-24)28(29,30)31/h3-11,13,15-17,23H,2,12,14,18H2,1H3,(H,33,34)/b20-15+/t23-/m0/s1. The average Bonchev–Trinajstić information content (AvgIpc) is 2.90. The molecule has 0 aliphatic carbocycles. The van der Waals surface area contributed by atoms with E-state index in [9.17, 15) is 26.4 Å². The molecule has 38 heavy (non-hydrogen) atoms. The molecule has 10 heteroatoms. The molecule has 0 radical (unpaired) electrons. The molecule has 0 saturated carbocycles. The summed E-state index contributed by atoms with van der Waals surface area (Å²) < 4.78 is 74.3. The van der Waals surface area contributed by atoms with Crippen molar-refractivity contribution in [3.05, 3.63) is 89.5 Å². The average molecular weight is 546 g/mol. The molecule has 0 aromatic heterocycles. The molecule has 0 spiro atoms.